The third-order valence-corrected chi connectivity index (χ3v) is 2.29. The highest BCUT2D eigenvalue weighted by atomic mass is 16.6. The molecule has 0 amide bonds. The molecule has 0 aliphatic carbocycles. The van der Waals surface area contributed by atoms with Gasteiger partial charge >= 0.3 is 5.97 Å². The smallest absolute Gasteiger partial charge is 0.302 e. The van der Waals surface area contributed by atoms with Gasteiger partial charge in [-0.15, -0.1) is 0 Å². The monoisotopic (exact) mass is 234 g/mol. The highest BCUT2D eigenvalue weighted by molar-refractivity contribution is 5.74. The molecule has 0 saturated heterocycles. The molecular weight excluding hydrogens is 220 g/mol. The summed E-state index contributed by atoms with van der Waals surface area (Å²) in [5.41, 5.74) is 1.97. The highest BCUT2D eigenvalue weighted by Crippen LogP contribution is 2.11. The number of nitrogens with zero attached hydrogens (tertiary/aromatic N) is 2. The van der Waals surface area contributed by atoms with Crippen LogP contribution in [0.1, 0.15) is 6.92 Å². The van der Waals surface area contributed by atoms with Crippen LogP contribution in [-0.2, 0) is 21.0 Å². The van der Waals surface area contributed by atoms with Gasteiger partial charge in [0.05, 0.1) is 24.0 Å². The van der Waals surface area contributed by atoms with Crippen LogP contribution in [0.3, 0.4) is 0 Å². The van der Waals surface area contributed by atoms with Crippen LogP contribution in [0, 0.1) is 0 Å². The van der Waals surface area contributed by atoms with Crippen molar-refractivity contribution in [2.24, 2.45) is 0 Å². The van der Waals surface area contributed by atoms with Gasteiger partial charge in [0.1, 0.15) is 13.3 Å². The quantitative estimate of drug-likeness (QED) is 0.582. The number of carbonyl (C=O) groups is 1. The van der Waals surface area contributed by atoms with Crippen LogP contribution in [-0.4, -0.2) is 28.7 Å². The highest BCUT2D eigenvalue weighted by Gasteiger charge is 2.00. The topological polar surface area (TPSA) is 53.4 Å². The van der Waals surface area contributed by atoms with Crippen molar-refractivity contribution >= 4 is 17.0 Å². The van der Waals surface area contributed by atoms with Gasteiger partial charge in [0, 0.05) is 6.92 Å². The summed E-state index contributed by atoms with van der Waals surface area (Å²) in [6.45, 7) is 2.44. The molecule has 0 atom stereocenters. The number of hydrogen-bond donors (Lipinski definition) is 0. The molecule has 1 heterocycles. The molecule has 0 bridgehead atoms. The number of para-hydroxylation sites is 2. The zero-order chi connectivity index (χ0) is 12.1. The first kappa shape index (κ1) is 11.6. The Morgan fingerprint density at radius 2 is 2.18 bits per heavy atom. The van der Waals surface area contributed by atoms with Gasteiger partial charge in [-0.2, -0.15) is 0 Å². The van der Waals surface area contributed by atoms with Gasteiger partial charge in [-0.25, -0.2) is 4.98 Å². The first-order valence-electron chi connectivity index (χ1n) is 5.38. The van der Waals surface area contributed by atoms with E-state index >= 15 is 0 Å². The normalized spacial score (nSPS) is 10.6. The lowest BCUT2D eigenvalue weighted by Gasteiger charge is -2.06. The largest absolute Gasteiger partial charge is 0.463 e. The Kier molecular flexibility index (Phi) is 3.72. The number of benzene rings is 1. The van der Waals surface area contributed by atoms with E-state index in [1.807, 2.05) is 28.8 Å². The molecule has 90 valence electrons. The maximum absolute atomic E-state index is 10.5. The molecule has 0 radical (unpaired) electrons. The predicted molar refractivity (Wildman–Crippen MR) is 62.3 cm³/mol. The number of aromatic nitrogens is 2. The van der Waals surface area contributed by atoms with E-state index in [2.05, 4.69) is 4.98 Å². The fourth-order valence-corrected chi connectivity index (χ4v) is 1.52. The summed E-state index contributed by atoms with van der Waals surface area (Å²) >= 11 is 0. The summed E-state index contributed by atoms with van der Waals surface area (Å²) in [5, 5.41) is 0. The van der Waals surface area contributed by atoms with Gasteiger partial charge in [-0.3, -0.25) is 4.79 Å². The molecule has 0 unspecified atom stereocenters. The maximum atomic E-state index is 10.5. The van der Waals surface area contributed by atoms with Gasteiger partial charge < -0.3 is 14.0 Å². The van der Waals surface area contributed by atoms with Gasteiger partial charge in [-0.05, 0) is 12.1 Å². The number of fused-ring (bicyclic) bond motifs is 1. The minimum atomic E-state index is -0.290. The fraction of sp³-hybridized carbons (Fsp3) is 0.333. The van der Waals surface area contributed by atoms with Gasteiger partial charge in [0.25, 0.3) is 0 Å². The summed E-state index contributed by atoms with van der Waals surface area (Å²) in [7, 11) is 0. The summed E-state index contributed by atoms with van der Waals surface area (Å²) in [4.78, 5) is 14.8. The number of ether oxygens (including phenoxy) is 2. The summed E-state index contributed by atoms with van der Waals surface area (Å²) in [6.07, 6.45) is 1.73. The summed E-state index contributed by atoms with van der Waals surface area (Å²) < 4.78 is 12.0. The number of imidazole rings is 1. The lowest BCUT2D eigenvalue weighted by Crippen LogP contribution is -2.09. The molecule has 0 aliphatic rings. The third-order valence-electron chi connectivity index (χ3n) is 2.29. The van der Waals surface area contributed by atoms with Crippen LogP contribution in [0.5, 0.6) is 0 Å². The minimum Gasteiger partial charge on any atom is -0.463 e. The Labute approximate surface area is 99.0 Å². The van der Waals surface area contributed by atoms with Crippen LogP contribution in [0.25, 0.3) is 11.0 Å². The standard InChI is InChI=1S/C12H14N2O3/c1-10(15)17-7-6-16-9-14-8-13-11-4-2-3-5-12(11)14/h2-5,8H,6-7,9H2,1H3. The zero-order valence-electron chi connectivity index (χ0n) is 9.63. The van der Waals surface area contributed by atoms with E-state index in [1.54, 1.807) is 6.33 Å². The van der Waals surface area contributed by atoms with Crippen molar-refractivity contribution in [3.05, 3.63) is 30.6 Å². The molecule has 1 aromatic heterocycles. The van der Waals surface area contributed by atoms with Crippen LogP contribution < -0.4 is 0 Å². The Morgan fingerprint density at radius 3 is 3.00 bits per heavy atom. The molecule has 17 heavy (non-hydrogen) atoms. The molecule has 0 N–H and O–H groups in total. The molecule has 0 saturated carbocycles. The second-order valence-electron chi connectivity index (χ2n) is 3.58. The fourth-order valence-electron chi connectivity index (χ4n) is 1.52. The average molecular weight is 234 g/mol. The predicted octanol–water partition coefficient (Wildman–Crippen LogP) is 1.57. The average Bonchev–Trinajstić information content (AvgIpc) is 2.72. The lowest BCUT2D eigenvalue weighted by molar-refractivity contribution is -0.142. The molecule has 1 aromatic carbocycles. The number of carbonyl (C=O) groups excluding carboxylic acids is 1. The molecule has 5 nitrogen and oxygen atoms in total. The Bertz CT molecular complexity index is 507. The van der Waals surface area contributed by atoms with Crippen molar-refractivity contribution in [3.63, 3.8) is 0 Å². The van der Waals surface area contributed by atoms with Crippen LogP contribution in [0.15, 0.2) is 30.6 Å². The number of esters is 1. The van der Waals surface area contributed by atoms with Crippen molar-refractivity contribution in [3.8, 4) is 0 Å². The van der Waals surface area contributed by atoms with Crippen molar-refractivity contribution in [2.45, 2.75) is 13.7 Å². The van der Waals surface area contributed by atoms with Crippen LogP contribution >= 0.6 is 0 Å². The Hall–Kier alpha value is -1.88. The van der Waals surface area contributed by atoms with E-state index in [0.717, 1.165) is 11.0 Å². The lowest BCUT2D eigenvalue weighted by atomic mass is 10.3. The molecule has 2 aromatic rings. The Morgan fingerprint density at radius 1 is 1.35 bits per heavy atom. The van der Waals surface area contributed by atoms with Crippen molar-refractivity contribution in [1.29, 1.82) is 0 Å². The second-order valence-corrected chi connectivity index (χ2v) is 3.58. The molecule has 2 rings (SSSR count). The molecule has 0 fully saturated rings. The molecule has 5 heteroatoms. The maximum Gasteiger partial charge on any atom is 0.302 e. The van der Waals surface area contributed by atoms with Gasteiger partial charge in [0.2, 0.25) is 0 Å². The van der Waals surface area contributed by atoms with E-state index < -0.39 is 0 Å². The van der Waals surface area contributed by atoms with E-state index in [1.165, 1.54) is 6.92 Å². The van der Waals surface area contributed by atoms with Gasteiger partial charge in [0.15, 0.2) is 0 Å². The Balaban J connectivity index is 1.85. The van der Waals surface area contributed by atoms with Crippen molar-refractivity contribution in [2.75, 3.05) is 13.2 Å². The summed E-state index contributed by atoms with van der Waals surface area (Å²) in [6, 6.07) is 7.84. The first-order chi connectivity index (χ1) is 8.27. The number of hydrogen-bond acceptors (Lipinski definition) is 4. The SMILES string of the molecule is CC(=O)OCCOCn1cnc2ccccc21. The molecule has 0 spiro atoms. The van der Waals surface area contributed by atoms with Gasteiger partial charge in [-0.1, -0.05) is 12.1 Å². The van der Waals surface area contributed by atoms with E-state index in [4.69, 9.17) is 9.47 Å². The molecule has 0 aliphatic heterocycles. The van der Waals surface area contributed by atoms with Crippen LogP contribution in [0.4, 0.5) is 0 Å². The number of rotatable bonds is 5. The first-order valence-corrected chi connectivity index (χ1v) is 5.38. The summed E-state index contributed by atoms with van der Waals surface area (Å²) in [5.74, 6) is -0.290. The van der Waals surface area contributed by atoms with E-state index in [-0.39, 0.29) is 12.6 Å². The van der Waals surface area contributed by atoms with Crippen molar-refractivity contribution in [1.82, 2.24) is 9.55 Å². The van der Waals surface area contributed by atoms with E-state index in [0.29, 0.717) is 13.3 Å². The zero-order valence-corrected chi connectivity index (χ0v) is 9.63. The third kappa shape index (κ3) is 3.04. The second kappa shape index (κ2) is 5.45. The minimum absolute atomic E-state index is 0.280. The molecular formula is C12H14N2O3. The van der Waals surface area contributed by atoms with Crippen molar-refractivity contribution < 1.29 is 14.3 Å². The van der Waals surface area contributed by atoms with E-state index in [9.17, 15) is 4.79 Å². The van der Waals surface area contributed by atoms with Crippen LogP contribution in [0.2, 0.25) is 0 Å².